The van der Waals surface area contributed by atoms with Crippen molar-refractivity contribution < 1.29 is 13.5 Å². The van der Waals surface area contributed by atoms with Gasteiger partial charge in [-0.25, -0.2) is 13.1 Å². The molecular formula is C16H25NO3S. The third-order valence-corrected chi connectivity index (χ3v) is 5.87. The number of hydrogen-bond acceptors (Lipinski definition) is 3. The molecule has 1 aliphatic carbocycles. The van der Waals surface area contributed by atoms with Gasteiger partial charge in [0.05, 0.1) is 11.5 Å². The van der Waals surface area contributed by atoms with Crippen molar-refractivity contribution in [3.8, 4) is 0 Å². The van der Waals surface area contributed by atoms with Crippen LogP contribution in [0.3, 0.4) is 0 Å². The van der Waals surface area contributed by atoms with Crippen molar-refractivity contribution in [2.45, 2.75) is 50.5 Å². The molecule has 5 heteroatoms. The topological polar surface area (TPSA) is 66.4 Å². The fraction of sp³-hybridized carbons (Fsp3) is 0.625. The fourth-order valence-electron chi connectivity index (χ4n) is 2.87. The van der Waals surface area contributed by atoms with Crippen molar-refractivity contribution >= 4 is 10.0 Å². The maximum Gasteiger partial charge on any atom is 0.240 e. The smallest absolute Gasteiger partial charge is 0.240 e. The summed E-state index contributed by atoms with van der Waals surface area (Å²) >= 11 is 0. The summed E-state index contributed by atoms with van der Waals surface area (Å²) in [4.78, 5) is 0.261. The molecule has 2 N–H and O–H groups in total. The number of nitrogens with one attached hydrogen (secondary N) is 1. The zero-order valence-electron chi connectivity index (χ0n) is 12.6. The molecule has 2 rings (SSSR count). The van der Waals surface area contributed by atoms with Crippen LogP contribution in [0.4, 0.5) is 0 Å². The largest absolute Gasteiger partial charge is 0.392 e. The first-order valence-corrected chi connectivity index (χ1v) is 9.19. The van der Waals surface area contributed by atoms with E-state index in [1.54, 1.807) is 12.1 Å². The van der Waals surface area contributed by atoms with E-state index >= 15 is 0 Å². The van der Waals surface area contributed by atoms with Crippen molar-refractivity contribution in [3.63, 3.8) is 0 Å². The van der Waals surface area contributed by atoms with Crippen molar-refractivity contribution in [2.75, 3.05) is 6.54 Å². The van der Waals surface area contributed by atoms with Crippen molar-refractivity contribution in [2.24, 2.45) is 11.8 Å². The molecule has 0 spiro atoms. The fourth-order valence-corrected chi connectivity index (χ4v) is 3.92. The van der Waals surface area contributed by atoms with Gasteiger partial charge >= 0.3 is 0 Å². The Kier molecular flexibility index (Phi) is 5.79. The molecule has 1 aromatic rings. The van der Waals surface area contributed by atoms with Crippen LogP contribution in [0.5, 0.6) is 0 Å². The first-order valence-electron chi connectivity index (χ1n) is 7.70. The Bertz CT molecular complexity index is 531. The number of aliphatic hydroxyl groups is 1. The van der Waals surface area contributed by atoms with E-state index in [9.17, 15) is 8.42 Å². The van der Waals surface area contributed by atoms with Crippen LogP contribution in [-0.2, 0) is 16.6 Å². The summed E-state index contributed by atoms with van der Waals surface area (Å²) in [6.07, 6.45) is 5.88. The molecule has 118 valence electrons. The zero-order valence-corrected chi connectivity index (χ0v) is 13.4. The van der Waals surface area contributed by atoms with E-state index < -0.39 is 10.0 Å². The van der Waals surface area contributed by atoms with Crippen LogP contribution >= 0.6 is 0 Å². The van der Waals surface area contributed by atoms with Crippen LogP contribution in [0.1, 0.15) is 44.6 Å². The van der Waals surface area contributed by atoms with Gasteiger partial charge in [-0.05, 0) is 36.0 Å². The van der Waals surface area contributed by atoms with E-state index in [0.29, 0.717) is 18.0 Å². The molecule has 0 amide bonds. The van der Waals surface area contributed by atoms with Gasteiger partial charge in [-0.2, -0.15) is 0 Å². The Morgan fingerprint density at radius 1 is 1.14 bits per heavy atom. The quantitative estimate of drug-likeness (QED) is 0.849. The summed E-state index contributed by atoms with van der Waals surface area (Å²) in [5, 5.41) is 8.97. The molecule has 21 heavy (non-hydrogen) atoms. The highest BCUT2D eigenvalue weighted by atomic mass is 32.2. The molecule has 0 unspecified atom stereocenters. The average molecular weight is 311 g/mol. The normalized spacial score (nSPS) is 23.1. The van der Waals surface area contributed by atoms with Gasteiger partial charge in [-0.1, -0.05) is 44.7 Å². The Balaban J connectivity index is 1.83. The SMILES string of the molecule is CC1CCC(CCNS(=O)(=O)c2ccc(CO)cc2)CC1. The molecule has 0 heterocycles. The van der Waals surface area contributed by atoms with E-state index in [4.69, 9.17) is 5.11 Å². The molecule has 1 aromatic carbocycles. The summed E-state index contributed by atoms with van der Waals surface area (Å²) in [5.41, 5.74) is 0.713. The minimum Gasteiger partial charge on any atom is -0.392 e. The lowest BCUT2D eigenvalue weighted by Crippen LogP contribution is -2.27. The highest BCUT2D eigenvalue weighted by molar-refractivity contribution is 7.89. The second-order valence-corrected chi connectivity index (χ2v) is 7.88. The zero-order chi connectivity index (χ0) is 15.3. The average Bonchev–Trinajstić information content (AvgIpc) is 2.49. The second kappa shape index (κ2) is 7.38. The molecule has 1 saturated carbocycles. The van der Waals surface area contributed by atoms with Crippen LogP contribution in [0, 0.1) is 11.8 Å². The lowest BCUT2D eigenvalue weighted by Gasteiger charge is -2.26. The summed E-state index contributed by atoms with van der Waals surface area (Å²) in [6, 6.07) is 6.35. The predicted molar refractivity (Wildman–Crippen MR) is 83.3 cm³/mol. The van der Waals surface area contributed by atoms with Gasteiger partial charge in [0, 0.05) is 6.54 Å². The Hall–Kier alpha value is -0.910. The maximum absolute atomic E-state index is 12.2. The van der Waals surface area contributed by atoms with Crippen LogP contribution in [-0.4, -0.2) is 20.1 Å². The third-order valence-electron chi connectivity index (χ3n) is 4.40. The Morgan fingerprint density at radius 2 is 1.76 bits per heavy atom. The molecule has 4 nitrogen and oxygen atoms in total. The molecule has 0 saturated heterocycles. The summed E-state index contributed by atoms with van der Waals surface area (Å²) in [6.45, 7) is 2.71. The van der Waals surface area contributed by atoms with Gasteiger partial charge in [0.1, 0.15) is 0 Å². The third kappa shape index (κ3) is 4.80. The number of hydrogen-bond donors (Lipinski definition) is 2. The summed E-state index contributed by atoms with van der Waals surface area (Å²) < 4.78 is 27.0. The van der Waals surface area contributed by atoms with Gasteiger partial charge in [0.15, 0.2) is 0 Å². The van der Waals surface area contributed by atoms with Crippen molar-refractivity contribution in [3.05, 3.63) is 29.8 Å². The maximum atomic E-state index is 12.2. The first kappa shape index (κ1) is 16.5. The molecule has 1 fully saturated rings. The number of benzene rings is 1. The van der Waals surface area contributed by atoms with Crippen molar-refractivity contribution in [1.29, 1.82) is 0 Å². The number of rotatable bonds is 6. The van der Waals surface area contributed by atoms with Gasteiger partial charge < -0.3 is 5.11 Å². The van der Waals surface area contributed by atoms with Crippen molar-refractivity contribution in [1.82, 2.24) is 4.72 Å². The molecule has 0 atom stereocenters. The van der Waals surface area contributed by atoms with Crippen LogP contribution < -0.4 is 4.72 Å². The number of sulfonamides is 1. The highest BCUT2D eigenvalue weighted by Gasteiger charge is 2.19. The Morgan fingerprint density at radius 3 is 2.33 bits per heavy atom. The van der Waals surface area contributed by atoms with Gasteiger partial charge in [0.25, 0.3) is 0 Å². The lowest BCUT2D eigenvalue weighted by atomic mass is 9.81. The van der Waals surface area contributed by atoms with Gasteiger partial charge in [-0.3, -0.25) is 0 Å². The van der Waals surface area contributed by atoms with E-state index in [1.807, 2.05) is 0 Å². The monoisotopic (exact) mass is 311 g/mol. The Labute approximate surface area is 127 Å². The van der Waals surface area contributed by atoms with E-state index in [1.165, 1.54) is 37.8 Å². The highest BCUT2D eigenvalue weighted by Crippen LogP contribution is 2.30. The van der Waals surface area contributed by atoms with Crippen LogP contribution in [0.25, 0.3) is 0 Å². The second-order valence-electron chi connectivity index (χ2n) is 6.11. The standard InChI is InChI=1S/C16H25NO3S/c1-13-2-4-14(5-3-13)10-11-17-21(19,20)16-8-6-15(12-18)7-9-16/h6-9,13-14,17-18H,2-5,10-12H2,1H3. The van der Waals surface area contributed by atoms with Crippen LogP contribution in [0.2, 0.25) is 0 Å². The lowest BCUT2D eigenvalue weighted by molar-refractivity contribution is 0.278. The summed E-state index contributed by atoms with van der Waals surface area (Å²) in [5.74, 6) is 1.48. The molecule has 0 bridgehead atoms. The predicted octanol–water partition coefficient (Wildman–Crippen LogP) is 2.67. The molecule has 1 aliphatic rings. The molecular weight excluding hydrogens is 286 g/mol. The van der Waals surface area contributed by atoms with Crippen LogP contribution in [0.15, 0.2) is 29.2 Å². The van der Waals surface area contributed by atoms with E-state index in [-0.39, 0.29) is 11.5 Å². The van der Waals surface area contributed by atoms with Gasteiger partial charge in [0.2, 0.25) is 10.0 Å². The molecule has 0 radical (unpaired) electrons. The molecule has 0 aromatic heterocycles. The van der Waals surface area contributed by atoms with E-state index in [2.05, 4.69) is 11.6 Å². The first-order chi connectivity index (χ1) is 10.0. The number of aliphatic hydroxyl groups excluding tert-OH is 1. The summed E-state index contributed by atoms with van der Waals surface area (Å²) in [7, 11) is -3.43. The molecule has 0 aliphatic heterocycles. The minimum absolute atomic E-state index is 0.0755. The van der Waals surface area contributed by atoms with E-state index in [0.717, 1.165) is 12.3 Å². The minimum atomic E-state index is -3.43. The van der Waals surface area contributed by atoms with Gasteiger partial charge in [-0.15, -0.1) is 0 Å².